The molecule has 2 aromatic heterocycles. The molecule has 0 aliphatic rings. The molecule has 0 unspecified atom stereocenters. The number of furan rings is 1. The molecular weight excluding hydrogens is 422 g/mol. The molecule has 2 heterocycles. The molecule has 4 rings (SSSR count). The van der Waals surface area contributed by atoms with Crippen molar-refractivity contribution in [3.8, 4) is 5.75 Å². The second-order valence-corrected chi connectivity index (χ2v) is 8.23. The lowest BCUT2D eigenvalue weighted by Gasteiger charge is -2.06. The Morgan fingerprint density at radius 1 is 1.13 bits per heavy atom. The second kappa shape index (κ2) is 9.02. The Kier molecular flexibility index (Phi) is 6.01. The number of methoxy groups -OCH3 is 1. The fraction of sp³-hybridized carbons (Fsp3) is 0.0952. The van der Waals surface area contributed by atoms with Crippen LogP contribution in [0, 0.1) is 0 Å². The SMILES string of the molecule is COc1ccc2nc(NC(=O)CSc3cccc(NC(=O)c4ccco4)c3)sc2c1. The first-order chi connectivity index (χ1) is 14.6. The number of carbonyl (C=O) groups is 2. The predicted octanol–water partition coefficient (Wildman–Crippen LogP) is 4.88. The van der Waals surface area contributed by atoms with Gasteiger partial charge < -0.3 is 19.8 Å². The van der Waals surface area contributed by atoms with Crippen molar-refractivity contribution in [1.29, 1.82) is 0 Å². The van der Waals surface area contributed by atoms with E-state index in [0.717, 1.165) is 20.9 Å². The monoisotopic (exact) mass is 439 g/mol. The lowest BCUT2D eigenvalue weighted by Crippen LogP contribution is -2.13. The molecule has 0 spiro atoms. The van der Waals surface area contributed by atoms with Crippen molar-refractivity contribution < 1.29 is 18.7 Å². The first-order valence-electron chi connectivity index (χ1n) is 8.93. The van der Waals surface area contributed by atoms with Gasteiger partial charge in [-0.3, -0.25) is 9.59 Å². The number of ether oxygens (including phenoxy) is 1. The van der Waals surface area contributed by atoms with Gasteiger partial charge in [-0.1, -0.05) is 17.4 Å². The molecule has 9 heteroatoms. The van der Waals surface area contributed by atoms with Crippen molar-refractivity contribution >= 4 is 55.9 Å². The molecular formula is C21H17N3O4S2. The van der Waals surface area contributed by atoms with Gasteiger partial charge in [-0.05, 0) is 48.5 Å². The summed E-state index contributed by atoms with van der Waals surface area (Å²) in [5, 5.41) is 6.15. The molecule has 152 valence electrons. The second-order valence-electron chi connectivity index (χ2n) is 6.15. The normalized spacial score (nSPS) is 10.7. The van der Waals surface area contributed by atoms with Gasteiger partial charge in [0, 0.05) is 10.6 Å². The number of aromatic nitrogens is 1. The Labute approximate surface area is 180 Å². The predicted molar refractivity (Wildman–Crippen MR) is 119 cm³/mol. The maximum Gasteiger partial charge on any atom is 0.291 e. The van der Waals surface area contributed by atoms with Gasteiger partial charge in [-0.15, -0.1) is 11.8 Å². The topological polar surface area (TPSA) is 93.5 Å². The molecule has 2 aromatic carbocycles. The number of anilines is 2. The lowest BCUT2D eigenvalue weighted by atomic mass is 10.3. The highest BCUT2D eigenvalue weighted by Gasteiger charge is 2.11. The minimum atomic E-state index is -0.327. The number of carbonyl (C=O) groups excluding carboxylic acids is 2. The summed E-state index contributed by atoms with van der Waals surface area (Å²) in [7, 11) is 1.61. The number of hydrogen-bond acceptors (Lipinski definition) is 7. The van der Waals surface area contributed by atoms with E-state index >= 15 is 0 Å². The summed E-state index contributed by atoms with van der Waals surface area (Å²) < 4.78 is 11.2. The van der Waals surface area contributed by atoms with E-state index < -0.39 is 0 Å². The first-order valence-corrected chi connectivity index (χ1v) is 10.7. The van der Waals surface area contributed by atoms with Crippen molar-refractivity contribution in [2.75, 3.05) is 23.5 Å². The van der Waals surface area contributed by atoms with E-state index in [2.05, 4.69) is 15.6 Å². The van der Waals surface area contributed by atoms with Crippen LogP contribution in [0.25, 0.3) is 10.2 Å². The minimum Gasteiger partial charge on any atom is -0.497 e. The van der Waals surface area contributed by atoms with Gasteiger partial charge in [-0.25, -0.2) is 4.98 Å². The van der Waals surface area contributed by atoms with Crippen molar-refractivity contribution in [2.24, 2.45) is 0 Å². The number of thioether (sulfide) groups is 1. The third kappa shape index (κ3) is 4.81. The smallest absolute Gasteiger partial charge is 0.291 e. The summed E-state index contributed by atoms with van der Waals surface area (Å²) in [6, 6.07) is 16.1. The highest BCUT2D eigenvalue weighted by Crippen LogP contribution is 2.29. The fourth-order valence-electron chi connectivity index (χ4n) is 2.65. The molecule has 0 saturated carbocycles. The average Bonchev–Trinajstić information content (AvgIpc) is 3.41. The quantitative estimate of drug-likeness (QED) is 0.399. The van der Waals surface area contributed by atoms with Gasteiger partial charge >= 0.3 is 0 Å². The average molecular weight is 440 g/mol. The highest BCUT2D eigenvalue weighted by atomic mass is 32.2. The van der Waals surface area contributed by atoms with Crippen LogP contribution in [-0.2, 0) is 4.79 Å². The maximum absolute atomic E-state index is 12.3. The zero-order valence-electron chi connectivity index (χ0n) is 15.9. The van der Waals surface area contributed by atoms with E-state index in [1.54, 1.807) is 25.3 Å². The fourth-order valence-corrected chi connectivity index (χ4v) is 4.32. The van der Waals surface area contributed by atoms with Gasteiger partial charge in [0.05, 0.1) is 29.3 Å². The number of amides is 2. The third-order valence-corrected chi connectivity index (χ3v) is 5.98. The molecule has 0 saturated heterocycles. The highest BCUT2D eigenvalue weighted by molar-refractivity contribution is 8.00. The van der Waals surface area contributed by atoms with Gasteiger partial charge in [0.15, 0.2) is 10.9 Å². The Balaban J connectivity index is 1.34. The number of thiazole rings is 1. The van der Waals surface area contributed by atoms with Crippen molar-refractivity contribution in [3.63, 3.8) is 0 Å². The van der Waals surface area contributed by atoms with Crippen molar-refractivity contribution in [3.05, 3.63) is 66.6 Å². The molecule has 4 aromatic rings. The van der Waals surface area contributed by atoms with Crippen LogP contribution in [0.15, 0.2) is 70.2 Å². The molecule has 2 N–H and O–H groups in total. The van der Waals surface area contributed by atoms with Crippen LogP contribution in [0.1, 0.15) is 10.6 Å². The van der Waals surface area contributed by atoms with E-state index in [9.17, 15) is 9.59 Å². The first kappa shape index (κ1) is 20.0. The molecule has 0 radical (unpaired) electrons. The Morgan fingerprint density at radius 2 is 2.03 bits per heavy atom. The van der Waals surface area contributed by atoms with E-state index in [1.165, 1.54) is 29.4 Å². The Bertz CT molecular complexity index is 1190. The van der Waals surface area contributed by atoms with E-state index in [1.807, 2.05) is 36.4 Å². The minimum absolute atomic E-state index is 0.156. The standard InChI is InChI=1S/C21H17N3O4S2/c1-27-14-7-8-16-18(11-14)30-21(23-16)24-19(25)12-29-15-5-2-4-13(10-15)22-20(26)17-6-3-9-28-17/h2-11H,12H2,1H3,(H,22,26)(H,23,24,25). The molecule has 0 aliphatic heterocycles. The molecule has 0 fully saturated rings. The van der Waals surface area contributed by atoms with Crippen LogP contribution >= 0.6 is 23.1 Å². The van der Waals surface area contributed by atoms with Crippen LogP contribution in [-0.4, -0.2) is 29.7 Å². The lowest BCUT2D eigenvalue weighted by molar-refractivity contribution is -0.113. The van der Waals surface area contributed by atoms with Crippen molar-refractivity contribution in [1.82, 2.24) is 4.98 Å². The Hall–Kier alpha value is -3.30. The van der Waals surface area contributed by atoms with Gasteiger partial charge in [0.1, 0.15) is 5.75 Å². The summed E-state index contributed by atoms with van der Waals surface area (Å²) >= 11 is 2.77. The molecule has 0 bridgehead atoms. The molecule has 2 amide bonds. The van der Waals surface area contributed by atoms with E-state index in [4.69, 9.17) is 9.15 Å². The summed E-state index contributed by atoms with van der Waals surface area (Å²) in [5.74, 6) is 0.720. The maximum atomic E-state index is 12.3. The number of nitrogens with one attached hydrogen (secondary N) is 2. The Morgan fingerprint density at radius 3 is 2.83 bits per heavy atom. The molecule has 7 nitrogen and oxygen atoms in total. The van der Waals surface area contributed by atoms with Crippen LogP contribution in [0.2, 0.25) is 0 Å². The zero-order chi connectivity index (χ0) is 20.9. The third-order valence-electron chi connectivity index (χ3n) is 4.05. The van der Waals surface area contributed by atoms with Crippen LogP contribution in [0.3, 0.4) is 0 Å². The summed E-state index contributed by atoms with van der Waals surface area (Å²) in [5.41, 5.74) is 1.44. The number of nitrogens with zero attached hydrogens (tertiary/aromatic N) is 1. The van der Waals surface area contributed by atoms with Crippen LogP contribution in [0.4, 0.5) is 10.8 Å². The molecule has 0 aliphatic carbocycles. The number of benzene rings is 2. The van der Waals surface area contributed by atoms with Gasteiger partial charge in [0.2, 0.25) is 5.91 Å². The van der Waals surface area contributed by atoms with Crippen LogP contribution < -0.4 is 15.4 Å². The van der Waals surface area contributed by atoms with E-state index in [-0.39, 0.29) is 23.3 Å². The van der Waals surface area contributed by atoms with E-state index in [0.29, 0.717) is 10.8 Å². The number of fused-ring (bicyclic) bond motifs is 1. The molecule has 30 heavy (non-hydrogen) atoms. The summed E-state index contributed by atoms with van der Waals surface area (Å²) in [6.45, 7) is 0. The van der Waals surface area contributed by atoms with Gasteiger partial charge in [0.25, 0.3) is 5.91 Å². The van der Waals surface area contributed by atoms with Crippen LogP contribution in [0.5, 0.6) is 5.75 Å². The zero-order valence-corrected chi connectivity index (χ0v) is 17.5. The van der Waals surface area contributed by atoms with Crippen molar-refractivity contribution in [2.45, 2.75) is 4.90 Å². The number of hydrogen-bond donors (Lipinski definition) is 2. The number of rotatable bonds is 7. The largest absolute Gasteiger partial charge is 0.497 e. The molecule has 0 atom stereocenters. The summed E-state index contributed by atoms with van der Waals surface area (Å²) in [4.78, 5) is 29.7. The van der Waals surface area contributed by atoms with Gasteiger partial charge in [-0.2, -0.15) is 0 Å². The summed E-state index contributed by atoms with van der Waals surface area (Å²) in [6.07, 6.45) is 1.45.